The number of alkyl halides is 3. The van der Waals surface area contributed by atoms with Crippen LogP contribution in [0.3, 0.4) is 0 Å². The number of hydrogen-bond acceptors (Lipinski definition) is 6. The highest BCUT2D eigenvalue weighted by atomic mass is 79.9. The highest BCUT2D eigenvalue weighted by molar-refractivity contribution is 9.10. The number of carboxylic acid groups (broad SMARTS) is 1. The van der Waals surface area contributed by atoms with Gasteiger partial charge < -0.3 is 15.3 Å². The van der Waals surface area contributed by atoms with Gasteiger partial charge in [0.1, 0.15) is 5.75 Å². The van der Waals surface area contributed by atoms with Crippen molar-refractivity contribution >= 4 is 50.8 Å². The van der Waals surface area contributed by atoms with Crippen molar-refractivity contribution in [3.63, 3.8) is 0 Å². The number of halogens is 4. The molecule has 0 heterocycles. The monoisotopic (exact) mass is 503 g/mol. The number of benzene rings is 2. The Morgan fingerprint density at radius 2 is 1.93 bits per heavy atom. The zero-order chi connectivity index (χ0) is 22.3. The molecule has 2 aromatic rings. The number of carboxylic acids is 1. The lowest BCUT2D eigenvalue weighted by molar-refractivity contribution is -0.139. The van der Waals surface area contributed by atoms with Gasteiger partial charge in [0, 0.05) is 10.6 Å². The zero-order valence-corrected chi connectivity index (χ0v) is 18.0. The summed E-state index contributed by atoms with van der Waals surface area (Å²) in [5.41, 5.74) is 2.90. The molecule has 0 fully saturated rings. The van der Waals surface area contributed by atoms with Gasteiger partial charge in [-0.1, -0.05) is 0 Å². The minimum atomic E-state index is -4.40. The van der Waals surface area contributed by atoms with Crippen molar-refractivity contribution in [1.29, 1.82) is 5.41 Å². The number of anilines is 1. The first-order chi connectivity index (χ1) is 14.1. The first-order valence-electron chi connectivity index (χ1n) is 8.38. The van der Waals surface area contributed by atoms with Crippen LogP contribution in [0.1, 0.15) is 12.5 Å². The Balaban J connectivity index is 1.89. The van der Waals surface area contributed by atoms with Crippen molar-refractivity contribution in [1.82, 2.24) is 0 Å². The van der Waals surface area contributed by atoms with Crippen molar-refractivity contribution in [2.45, 2.75) is 18.0 Å². The Kier molecular flexibility index (Phi) is 8.30. The Hall–Kier alpha value is -2.53. The summed E-state index contributed by atoms with van der Waals surface area (Å²) < 4.78 is 43.4. The van der Waals surface area contributed by atoms with Gasteiger partial charge in [-0.25, -0.2) is 4.79 Å². The quantitative estimate of drug-likeness (QED) is 0.237. The molecule has 0 spiro atoms. The number of thioether (sulfide) groups is 1. The number of carbonyl (C=O) groups is 1. The van der Waals surface area contributed by atoms with E-state index in [4.69, 9.17) is 15.3 Å². The van der Waals surface area contributed by atoms with Crippen LogP contribution in [0, 0.1) is 5.41 Å². The zero-order valence-electron chi connectivity index (χ0n) is 15.6. The molecule has 0 radical (unpaired) electrons. The minimum Gasteiger partial charge on any atom is -0.481 e. The summed E-state index contributed by atoms with van der Waals surface area (Å²) in [6.07, 6.45) is -4.40. The third-order valence-electron chi connectivity index (χ3n) is 3.64. The third kappa shape index (κ3) is 7.38. The van der Waals surface area contributed by atoms with E-state index in [2.05, 4.69) is 26.5 Å². The van der Waals surface area contributed by atoms with Crippen LogP contribution in [0.25, 0.3) is 0 Å². The summed E-state index contributed by atoms with van der Waals surface area (Å²) >= 11 is 4.68. The Labute approximate surface area is 183 Å². The largest absolute Gasteiger partial charge is 0.481 e. The van der Waals surface area contributed by atoms with Gasteiger partial charge >= 0.3 is 12.1 Å². The summed E-state index contributed by atoms with van der Waals surface area (Å²) in [5, 5.41) is 20.8. The Morgan fingerprint density at radius 1 is 1.27 bits per heavy atom. The second kappa shape index (κ2) is 10.5. The van der Waals surface area contributed by atoms with Gasteiger partial charge in [0.05, 0.1) is 27.1 Å². The fourth-order valence-electron chi connectivity index (χ4n) is 2.04. The van der Waals surface area contributed by atoms with E-state index in [0.29, 0.717) is 27.4 Å². The molecule has 0 aliphatic rings. The first kappa shape index (κ1) is 23.7. The maximum absolute atomic E-state index is 12.6. The summed E-state index contributed by atoms with van der Waals surface area (Å²) in [5.74, 6) is -0.366. The summed E-state index contributed by atoms with van der Waals surface area (Å²) in [4.78, 5) is 11.4. The van der Waals surface area contributed by atoms with Gasteiger partial charge in [-0.2, -0.15) is 18.3 Å². The molecule has 0 atom stereocenters. The number of aliphatic carboxylic acids is 1. The maximum Gasteiger partial charge on any atom is 0.416 e. The predicted molar refractivity (Wildman–Crippen MR) is 114 cm³/mol. The molecule has 0 aliphatic carbocycles. The molecule has 0 aromatic heterocycles. The van der Waals surface area contributed by atoms with Crippen LogP contribution < -0.4 is 10.2 Å². The average Bonchev–Trinajstić information content (AvgIpc) is 2.69. The highest BCUT2D eigenvalue weighted by Gasteiger charge is 2.29. The number of nitrogens with one attached hydrogen (secondary N) is 2. The fourth-order valence-corrected chi connectivity index (χ4v) is 3.57. The summed E-state index contributed by atoms with van der Waals surface area (Å²) in [7, 11) is 0. The molecule has 0 bridgehead atoms. The van der Waals surface area contributed by atoms with E-state index in [9.17, 15) is 18.0 Å². The molecule has 6 nitrogen and oxygen atoms in total. The number of rotatable bonds is 9. The molecule has 0 amide bonds. The number of hydrazone groups is 1. The van der Waals surface area contributed by atoms with Crippen LogP contribution in [0.4, 0.5) is 18.9 Å². The van der Waals surface area contributed by atoms with Gasteiger partial charge in [0.2, 0.25) is 0 Å². The topological polar surface area (TPSA) is 94.8 Å². The van der Waals surface area contributed by atoms with Crippen molar-refractivity contribution in [3.8, 4) is 5.75 Å². The molecule has 0 saturated carbocycles. The highest BCUT2D eigenvalue weighted by Crippen LogP contribution is 2.31. The molecule has 11 heteroatoms. The lowest BCUT2D eigenvalue weighted by Gasteiger charge is -2.09. The van der Waals surface area contributed by atoms with Gasteiger partial charge in [-0.3, -0.25) is 5.43 Å². The van der Waals surface area contributed by atoms with Gasteiger partial charge in [-0.05, 0) is 65.3 Å². The second-order valence-electron chi connectivity index (χ2n) is 5.93. The average molecular weight is 504 g/mol. The third-order valence-corrected chi connectivity index (χ3v) is 5.28. The molecule has 0 saturated heterocycles. The summed E-state index contributed by atoms with van der Waals surface area (Å²) in [6, 6.07) is 9.57. The smallest absolute Gasteiger partial charge is 0.416 e. The molecular formula is C19H17BrF3N3O3S. The molecule has 30 heavy (non-hydrogen) atoms. The van der Waals surface area contributed by atoms with Gasteiger partial charge in [0.15, 0.2) is 6.61 Å². The number of hydrogen-bond donors (Lipinski definition) is 3. The Morgan fingerprint density at radius 3 is 2.50 bits per heavy atom. The summed E-state index contributed by atoms with van der Waals surface area (Å²) in [6.45, 7) is 1.18. The fraction of sp³-hybridized carbons (Fsp3) is 0.211. The van der Waals surface area contributed by atoms with Crippen LogP contribution >= 0.6 is 27.7 Å². The van der Waals surface area contributed by atoms with E-state index < -0.39 is 24.3 Å². The standard InChI is InChI=1S/C19H17BrF3N3O3S/c1-11(25-26-13-4-2-12(3-5-13)19(21,22)23)16(24)10-30-14-6-7-17(15(20)8-14)29-9-18(27)28/h2-8,24,26H,9-10H2,1H3,(H,27,28)/b24-16?,25-11-. The SMILES string of the molecule is C/C(=N/Nc1ccc(C(F)(F)F)cc1)C(=N)CSc1ccc(OCC(=O)O)c(Br)c1. The van der Waals surface area contributed by atoms with Crippen molar-refractivity contribution in [2.75, 3.05) is 17.8 Å². The normalized spacial score (nSPS) is 11.8. The van der Waals surface area contributed by atoms with Crippen molar-refractivity contribution in [3.05, 3.63) is 52.5 Å². The number of nitrogens with zero attached hydrogens (tertiary/aromatic N) is 1. The second-order valence-corrected chi connectivity index (χ2v) is 7.83. The first-order valence-corrected chi connectivity index (χ1v) is 10.2. The molecule has 0 unspecified atom stereocenters. The van der Waals surface area contributed by atoms with Crippen LogP contribution in [0.5, 0.6) is 5.75 Å². The Bertz CT molecular complexity index is 950. The molecule has 3 N–H and O–H groups in total. The molecule has 2 rings (SSSR count). The van der Waals surface area contributed by atoms with E-state index in [0.717, 1.165) is 17.0 Å². The van der Waals surface area contributed by atoms with E-state index in [1.54, 1.807) is 25.1 Å². The molecule has 160 valence electrons. The van der Waals surface area contributed by atoms with Crippen LogP contribution in [-0.2, 0) is 11.0 Å². The van der Waals surface area contributed by atoms with Crippen LogP contribution in [-0.4, -0.2) is 34.9 Å². The van der Waals surface area contributed by atoms with E-state index in [1.165, 1.54) is 23.9 Å². The van der Waals surface area contributed by atoms with Gasteiger partial charge in [0.25, 0.3) is 0 Å². The number of ether oxygens (including phenoxy) is 1. The van der Waals surface area contributed by atoms with E-state index >= 15 is 0 Å². The van der Waals surface area contributed by atoms with E-state index in [1.807, 2.05) is 0 Å². The van der Waals surface area contributed by atoms with E-state index in [-0.39, 0.29) is 5.71 Å². The van der Waals surface area contributed by atoms with Crippen molar-refractivity contribution < 1.29 is 27.8 Å². The lowest BCUT2D eigenvalue weighted by Crippen LogP contribution is -2.13. The minimum absolute atomic E-state index is 0.238. The molecular weight excluding hydrogens is 487 g/mol. The van der Waals surface area contributed by atoms with Crippen LogP contribution in [0.2, 0.25) is 0 Å². The molecule has 2 aromatic carbocycles. The maximum atomic E-state index is 12.6. The predicted octanol–water partition coefficient (Wildman–Crippen LogP) is 5.53. The van der Waals surface area contributed by atoms with Gasteiger partial charge in [-0.15, -0.1) is 11.8 Å². The molecule has 0 aliphatic heterocycles. The van der Waals surface area contributed by atoms with Crippen LogP contribution in [0.15, 0.2) is 56.9 Å². The van der Waals surface area contributed by atoms with Crippen molar-refractivity contribution in [2.24, 2.45) is 5.10 Å². The lowest BCUT2D eigenvalue weighted by atomic mass is 10.2.